The normalized spacial score (nSPS) is 40.5. The van der Waals surface area contributed by atoms with Gasteiger partial charge in [0.05, 0.1) is 32.0 Å². The molecule has 0 bridgehead atoms. The molecule has 1 aromatic heterocycles. The Morgan fingerprint density at radius 3 is 1.69 bits per heavy atom. The molecule has 356 valence electrons. The van der Waals surface area contributed by atoms with Crippen LogP contribution >= 0.6 is 0 Å². The summed E-state index contributed by atoms with van der Waals surface area (Å²) < 4.78 is 57.6. The second-order valence-corrected chi connectivity index (χ2v) is 16.0. The zero-order valence-electron chi connectivity index (χ0n) is 34.4. The van der Waals surface area contributed by atoms with Gasteiger partial charge < -0.3 is 113 Å². The minimum atomic E-state index is -2.08. The summed E-state index contributed by atoms with van der Waals surface area (Å²) in [5.74, 6) is -3.19. The fourth-order valence-electron chi connectivity index (χ4n) is 7.73. The Labute approximate surface area is 362 Å². The molecule has 4 fully saturated rings. The Balaban J connectivity index is 1.30. The van der Waals surface area contributed by atoms with Crippen molar-refractivity contribution in [1.82, 2.24) is 0 Å². The third-order valence-electron chi connectivity index (χ3n) is 11.6. The van der Waals surface area contributed by atoms with Gasteiger partial charge in [0.1, 0.15) is 90.0 Å². The van der Waals surface area contributed by atoms with Crippen LogP contribution in [0.2, 0.25) is 0 Å². The van der Waals surface area contributed by atoms with E-state index in [0.717, 1.165) is 13.2 Å². The number of rotatable bonds is 11. The Bertz CT molecular complexity index is 2130. The highest BCUT2D eigenvalue weighted by Crippen LogP contribution is 2.46. The number of benzene rings is 2. The first-order chi connectivity index (χ1) is 30.2. The van der Waals surface area contributed by atoms with Crippen LogP contribution in [0.25, 0.3) is 22.3 Å². The van der Waals surface area contributed by atoms with Crippen molar-refractivity contribution in [1.29, 1.82) is 0 Å². The standard InChI is InChI=1S/C40H52O24/c1-11-20(42)26(48)30(52)37(57-11)56-10-18-23(45)29(51)36(64-39-32(54)28(50)22(44)13(3)59-39)40(62-18)63-35-25(47)19-16(60-33(35)14-5-7-15(41)8-6-14)9-17(34(55-4)24(19)46)61-38-31(53)27(49)21(43)12(2)58-38/h5-9,11-13,18,20-23,26-32,36-46,48-54H,10H2,1-4H3/t11-,12-,13-,18+,20-,21-,22-,23+,26+,27+,28+,29-,30+,31+,32+,36+,37+,38-,39-,40-/m0/s1. The van der Waals surface area contributed by atoms with E-state index in [1.807, 2.05) is 0 Å². The van der Waals surface area contributed by atoms with Gasteiger partial charge in [0.25, 0.3) is 0 Å². The van der Waals surface area contributed by atoms with Crippen LogP contribution in [-0.2, 0) is 28.4 Å². The summed E-state index contributed by atoms with van der Waals surface area (Å²) in [5, 5.41) is 138. The topological polar surface area (TPSA) is 376 Å². The average molecular weight is 917 g/mol. The number of hydrogen-bond donors (Lipinski definition) is 13. The number of hydrogen-bond acceptors (Lipinski definition) is 24. The van der Waals surface area contributed by atoms with Crippen molar-refractivity contribution in [2.75, 3.05) is 13.7 Å². The van der Waals surface area contributed by atoms with Crippen molar-refractivity contribution in [2.45, 2.75) is 144 Å². The van der Waals surface area contributed by atoms with E-state index in [9.17, 15) is 71.2 Å². The molecule has 2 aromatic carbocycles. The molecule has 20 atom stereocenters. The molecule has 24 nitrogen and oxygen atoms in total. The molecule has 5 heterocycles. The van der Waals surface area contributed by atoms with Crippen molar-refractivity contribution < 1.29 is 113 Å². The molecule has 4 aliphatic rings. The monoisotopic (exact) mass is 916 g/mol. The Hall–Kier alpha value is -4.03. The number of aromatic hydroxyl groups is 2. The van der Waals surface area contributed by atoms with E-state index in [1.54, 1.807) is 0 Å². The van der Waals surface area contributed by atoms with Crippen LogP contribution in [-0.4, -0.2) is 203 Å². The molecule has 0 saturated carbocycles. The van der Waals surface area contributed by atoms with Crippen LogP contribution in [0.3, 0.4) is 0 Å². The van der Waals surface area contributed by atoms with Crippen molar-refractivity contribution in [2.24, 2.45) is 0 Å². The molecule has 0 spiro atoms. The summed E-state index contributed by atoms with van der Waals surface area (Å²) in [4.78, 5) is 14.7. The molecule has 13 N–H and O–H groups in total. The highest BCUT2D eigenvalue weighted by Gasteiger charge is 2.52. The highest BCUT2D eigenvalue weighted by atomic mass is 16.8. The molecule has 0 unspecified atom stereocenters. The van der Waals surface area contributed by atoms with Crippen LogP contribution in [0, 0.1) is 0 Å². The number of fused-ring (bicyclic) bond motifs is 1. The van der Waals surface area contributed by atoms with Gasteiger partial charge in [0.2, 0.25) is 29.5 Å². The minimum absolute atomic E-state index is 0.0468. The number of ether oxygens (including phenoxy) is 9. The lowest BCUT2D eigenvalue weighted by Crippen LogP contribution is -2.65. The molecule has 0 radical (unpaired) electrons. The third kappa shape index (κ3) is 8.95. The number of phenolic OH excluding ortho intramolecular Hbond substituents is 2. The van der Waals surface area contributed by atoms with Gasteiger partial charge in [-0.2, -0.15) is 0 Å². The van der Waals surface area contributed by atoms with Gasteiger partial charge in [0, 0.05) is 11.6 Å². The van der Waals surface area contributed by atoms with Crippen molar-refractivity contribution in [3.63, 3.8) is 0 Å². The van der Waals surface area contributed by atoms with Crippen LogP contribution in [0.5, 0.6) is 28.7 Å². The van der Waals surface area contributed by atoms with Crippen LogP contribution in [0.1, 0.15) is 20.8 Å². The van der Waals surface area contributed by atoms with Gasteiger partial charge in [-0.25, -0.2) is 0 Å². The van der Waals surface area contributed by atoms with Gasteiger partial charge >= 0.3 is 0 Å². The van der Waals surface area contributed by atoms with Crippen LogP contribution in [0.15, 0.2) is 39.5 Å². The maximum atomic E-state index is 14.7. The fraction of sp³-hybridized carbons (Fsp3) is 0.625. The molecular formula is C40H52O24. The first-order valence-corrected chi connectivity index (χ1v) is 20.1. The number of phenols is 2. The van der Waals surface area contributed by atoms with E-state index < -0.39 is 169 Å². The van der Waals surface area contributed by atoms with E-state index in [4.69, 9.17) is 47.0 Å². The SMILES string of the molecule is COc1c(O[C@@H]2O[C@@H](C)[C@H](O)[C@@H](O)[C@H]2O)cc2oc(-c3ccc(O)cc3)c(O[C@@H]3O[C@H](CO[C@@H]4O[C@@H](C)[C@H](O)[C@@H](O)[C@H]4O)[C@@H](O)[C@H](O)[C@H]3O[C@@H]3O[C@@H](C)[C@H](O)[C@@H](O)[C@H]3O)c(=O)c2c1O. The fourth-order valence-corrected chi connectivity index (χ4v) is 7.73. The lowest BCUT2D eigenvalue weighted by atomic mass is 9.97. The molecule has 7 rings (SSSR count). The molecule has 24 heteroatoms. The summed E-state index contributed by atoms with van der Waals surface area (Å²) >= 11 is 0. The number of aliphatic hydroxyl groups is 11. The summed E-state index contributed by atoms with van der Waals surface area (Å²) in [6, 6.07) is 6.15. The molecule has 0 amide bonds. The van der Waals surface area contributed by atoms with E-state index in [0.29, 0.717) is 0 Å². The predicted molar refractivity (Wildman–Crippen MR) is 208 cm³/mol. The summed E-state index contributed by atoms with van der Waals surface area (Å²) in [6.07, 6.45) is -33.3. The number of aliphatic hydroxyl groups excluding tert-OH is 11. The average Bonchev–Trinajstić information content (AvgIpc) is 3.26. The smallest absolute Gasteiger partial charge is 0.239 e. The molecule has 4 aliphatic heterocycles. The zero-order valence-corrected chi connectivity index (χ0v) is 34.4. The molecule has 64 heavy (non-hydrogen) atoms. The third-order valence-corrected chi connectivity index (χ3v) is 11.6. The molecule has 3 aromatic rings. The summed E-state index contributed by atoms with van der Waals surface area (Å²) in [5.41, 5.74) is -1.50. The van der Waals surface area contributed by atoms with Crippen molar-refractivity contribution in [3.05, 3.63) is 40.6 Å². The van der Waals surface area contributed by atoms with Crippen molar-refractivity contribution in [3.8, 4) is 40.1 Å². The van der Waals surface area contributed by atoms with Crippen LogP contribution in [0.4, 0.5) is 0 Å². The van der Waals surface area contributed by atoms with E-state index >= 15 is 0 Å². The number of methoxy groups -OCH3 is 1. The maximum Gasteiger partial charge on any atom is 0.239 e. The quantitative estimate of drug-likeness (QED) is 0.0871. The van der Waals surface area contributed by atoms with E-state index in [1.165, 1.54) is 45.0 Å². The first kappa shape index (κ1) is 47.9. The van der Waals surface area contributed by atoms with Crippen LogP contribution < -0.4 is 19.6 Å². The lowest BCUT2D eigenvalue weighted by Gasteiger charge is -2.46. The summed E-state index contributed by atoms with van der Waals surface area (Å²) in [7, 11) is 1.10. The minimum Gasteiger partial charge on any atom is -0.508 e. The van der Waals surface area contributed by atoms with Gasteiger partial charge in [-0.15, -0.1) is 0 Å². The Kier molecular flexibility index (Phi) is 14.3. The largest absolute Gasteiger partial charge is 0.508 e. The zero-order chi connectivity index (χ0) is 46.6. The van der Waals surface area contributed by atoms with E-state index in [2.05, 4.69) is 0 Å². The molecule has 4 saturated heterocycles. The Morgan fingerprint density at radius 1 is 0.578 bits per heavy atom. The molecular weight excluding hydrogens is 864 g/mol. The first-order valence-electron chi connectivity index (χ1n) is 20.1. The van der Waals surface area contributed by atoms with Gasteiger partial charge in [-0.3, -0.25) is 4.79 Å². The predicted octanol–water partition coefficient (Wildman–Crippen LogP) is -4.03. The maximum absolute atomic E-state index is 14.7. The van der Waals surface area contributed by atoms with Gasteiger partial charge in [-0.05, 0) is 45.0 Å². The van der Waals surface area contributed by atoms with E-state index in [-0.39, 0.29) is 17.1 Å². The lowest BCUT2D eigenvalue weighted by molar-refractivity contribution is -0.360. The second-order valence-electron chi connectivity index (χ2n) is 16.0. The van der Waals surface area contributed by atoms with Gasteiger partial charge in [0.15, 0.2) is 35.9 Å². The Morgan fingerprint density at radius 2 is 1.11 bits per heavy atom. The second kappa shape index (κ2) is 19.1. The van der Waals surface area contributed by atoms with Gasteiger partial charge in [-0.1, -0.05) is 0 Å². The summed E-state index contributed by atoms with van der Waals surface area (Å²) in [6.45, 7) is 3.42. The molecule has 0 aliphatic carbocycles. The highest BCUT2D eigenvalue weighted by molar-refractivity contribution is 5.91. The van der Waals surface area contributed by atoms with Crippen molar-refractivity contribution >= 4 is 11.0 Å².